The Kier molecular flexibility index (Phi) is 4.22. The smallest absolute Gasteiger partial charge is 0.319 e. The highest BCUT2D eigenvalue weighted by atomic mass is 19.3. The molecule has 0 unspecified atom stereocenters. The van der Waals surface area contributed by atoms with Crippen LogP contribution < -0.4 is 0 Å². The van der Waals surface area contributed by atoms with Crippen molar-refractivity contribution >= 4 is 0 Å². The van der Waals surface area contributed by atoms with Crippen molar-refractivity contribution in [2.75, 3.05) is 46.4 Å². The molecule has 0 aromatic carbocycles. The summed E-state index contributed by atoms with van der Waals surface area (Å²) in [4.78, 5) is 4.37. The van der Waals surface area contributed by atoms with Crippen LogP contribution in [0.3, 0.4) is 0 Å². The van der Waals surface area contributed by atoms with E-state index >= 15 is 0 Å². The molecule has 1 aliphatic heterocycles. The third kappa shape index (κ3) is 4.83. The number of rotatable bonds is 4. The maximum Gasteiger partial charge on any atom is 0.352 e. The van der Waals surface area contributed by atoms with Crippen LogP contribution in [0.2, 0.25) is 0 Å². The van der Waals surface area contributed by atoms with Crippen LogP contribution in [0.4, 0.5) is 8.78 Å². The van der Waals surface area contributed by atoms with Crippen molar-refractivity contribution in [2.45, 2.75) is 13.0 Å². The first-order valence-corrected chi connectivity index (χ1v) is 4.90. The van der Waals surface area contributed by atoms with Crippen molar-refractivity contribution in [3.63, 3.8) is 0 Å². The van der Waals surface area contributed by atoms with E-state index in [1.165, 1.54) is 0 Å². The van der Waals surface area contributed by atoms with Crippen LogP contribution in [0.1, 0.15) is 6.92 Å². The van der Waals surface area contributed by atoms with Crippen molar-refractivity contribution < 1.29 is 13.5 Å². The molecule has 1 fully saturated rings. The van der Waals surface area contributed by atoms with Crippen LogP contribution in [0.25, 0.3) is 0 Å². The van der Waals surface area contributed by atoms with Crippen LogP contribution in [0.15, 0.2) is 0 Å². The number of likely N-dealkylation sites (N-methyl/N-ethyl adjacent to an activating group) is 1. The predicted octanol–water partition coefficient (Wildman–Crippen LogP) is 0.863. The van der Waals surface area contributed by atoms with E-state index in [1.807, 2.05) is 0 Å². The van der Waals surface area contributed by atoms with Crippen LogP contribution in [-0.2, 0) is 4.74 Å². The fraction of sp³-hybridized carbons (Fsp3) is 1.00. The SMILES string of the molecule is CN1CCN(CCOC(C)(F)F)CC1. The normalized spacial score (nSPS) is 21.4. The zero-order valence-electron chi connectivity index (χ0n) is 8.80. The molecule has 0 amide bonds. The second kappa shape index (κ2) is 5.00. The lowest BCUT2D eigenvalue weighted by Crippen LogP contribution is -2.45. The second-order valence-electron chi connectivity index (χ2n) is 3.80. The molecule has 0 spiro atoms. The van der Waals surface area contributed by atoms with Crippen LogP contribution >= 0.6 is 0 Å². The molecule has 1 saturated heterocycles. The summed E-state index contributed by atoms with van der Waals surface area (Å²) in [5.74, 6) is 0. The maximum absolute atomic E-state index is 12.3. The van der Waals surface area contributed by atoms with E-state index in [0.717, 1.165) is 33.1 Å². The summed E-state index contributed by atoms with van der Waals surface area (Å²) in [7, 11) is 2.06. The summed E-state index contributed by atoms with van der Waals surface area (Å²) in [6, 6.07) is 0. The molecule has 1 aliphatic rings. The minimum absolute atomic E-state index is 0.104. The van der Waals surface area contributed by atoms with Gasteiger partial charge in [0.1, 0.15) is 0 Å². The molecule has 0 bridgehead atoms. The highest BCUT2D eigenvalue weighted by molar-refractivity contribution is 4.68. The van der Waals surface area contributed by atoms with Gasteiger partial charge < -0.3 is 9.64 Å². The molecular weight excluding hydrogens is 190 g/mol. The highest BCUT2D eigenvalue weighted by Crippen LogP contribution is 2.12. The van der Waals surface area contributed by atoms with Crippen molar-refractivity contribution in [3.8, 4) is 0 Å². The Morgan fingerprint density at radius 2 is 1.79 bits per heavy atom. The lowest BCUT2D eigenvalue weighted by atomic mass is 10.3. The van der Waals surface area contributed by atoms with Crippen LogP contribution in [0.5, 0.6) is 0 Å². The van der Waals surface area contributed by atoms with Gasteiger partial charge in [-0.05, 0) is 7.05 Å². The van der Waals surface area contributed by atoms with Gasteiger partial charge in [-0.2, -0.15) is 8.78 Å². The monoisotopic (exact) mass is 208 g/mol. The molecule has 84 valence electrons. The van der Waals surface area contributed by atoms with E-state index in [4.69, 9.17) is 0 Å². The fourth-order valence-electron chi connectivity index (χ4n) is 1.43. The summed E-state index contributed by atoms with van der Waals surface area (Å²) in [5.41, 5.74) is 0. The Morgan fingerprint density at radius 1 is 1.21 bits per heavy atom. The molecule has 0 aromatic heterocycles. The number of ether oxygens (including phenoxy) is 1. The topological polar surface area (TPSA) is 15.7 Å². The van der Waals surface area contributed by atoms with Crippen LogP contribution in [-0.4, -0.2) is 62.3 Å². The lowest BCUT2D eigenvalue weighted by molar-refractivity contribution is -0.225. The summed E-state index contributed by atoms with van der Waals surface area (Å²) in [6.07, 6.45) is -2.99. The lowest BCUT2D eigenvalue weighted by Gasteiger charge is -2.32. The first-order chi connectivity index (χ1) is 6.47. The molecule has 3 nitrogen and oxygen atoms in total. The largest absolute Gasteiger partial charge is 0.352 e. The van der Waals surface area contributed by atoms with E-state index in [0.29, 0.717) is 6.54 Å². The van der Waals surface area contributed by atoms with Crippen LogP contribution in [0, 0.1) is 0 Å². The van der Waals surface area contributed by atoms with Gasteiger partial charge in [-0.1, -0.05) is 0 Å². The highest BCUT2D eigenvalue weighted by Gasteiger charge is 2.22. The summed E-state index contributed by atoms with van der Waals surface area (Å²) >= 11 is 0. The average molecular weight is 208 g/mol. The average Bonchev–Trinajstić information content (AvgIpc) is 2.06. The Hall–Kier alpha value is -0.260. The number of alkyl halides is 2. The van der Waals surface area contributed by atoms with Gasteiger partial charge in [-0.3, -0.25) is 4.90 Å². The van der Waals surface area contributed by atoms with Gasteiger partial charge in [-0.15, -0.1) is 0 Å². The van der Waals surface area contributed by atoms with Gasteiger partial charge in [0.05, 0.1) is 6.61 Å². The Bertz CT molecular complexity index is 165. The molecule has 0 N–H and O–H groups in total. The number of hydrogen-bond donors (Lipinski definition) is 0. The first kappa shape index (κ1) is 11.8. The Labute approximate surface area is 83.6 Å². The molecule has 0 radical (unpaired) electrons. The molecule has 0 saturated carbocycles. The second-order valence-corrected chi connectivity index (χ2v) is 3.80. The minimum atomic E-state index is -2.99. The van der Waals surface area contributed by atoms with Gasteiger partial charge in [0.15, 0.2) is 0 Å². The number of halogens is 2. The van der Waals surface area contributed by atoms with E-state index in [1.54, 1.807) is 0 Å². The third-order valence-electron chi connectivity index (χ3n) is 2.36. The van der Waals surface area contributed by atoms with E-state index in [-0.39, 0.29) is 6.61 Å². The number of nitrogens with zero attached hydrogens (tertiary/aromatic N) is 2. The summed E-state index contributed by atoms with van der Waals surface area (Å²) in [5, 5.41) is 0. The van der Waals surface area contributed by atoms with Gasteiger partial charge in [-0.25, -0.2) is 0 Å². The molecule has 0 aliphatic carbocycles. The Balaban J connectivity index is 2.08. The number of piperazine rings is 1. The molecule has 1 rings (SSSR count). The fourth-order valence-corrected chi connectivity index (χ4v) is 1.43. The quantitative estimate of drug-likeness (QED) is 0.681. The van der Waals surface area contributed by atoms with E-state index in [2.05, 4.69) is 21.6 Å². The van der Waals surface area contributed by atoms with Gasteiger partial charge in [0, 0.05) is 39.6 Å². The van der Waals surface area contributed by atoms with Gasteiger partial charge in [0.2, 0.25) is 0 Å². The van der Waals surface area contributed by atoms with Crippen molar-refractivity contribution in [1.82, 2.24) is 9.80 Å². The van der Waals surface area contributed by atoms with Gasteiger partial charge >= 0.3 is 6.11 Å². The maximum atomic E-state index is 12.3. The minimum Gasteiger partial charge on any atom is -0.319 e. The third-order valence-corrected chi connectivity index (χ3v) is 2.36. The Morgan fingerprint density at radius 3 is 2.29 bits per heavy atom. The molecular formula is C9H18F2N2O. The van der Waals surface area contributed by atoms with E-state index < -0.39 is 6.11 Å². The molecule has 5 heteroatoms. The zero-order valence-corrected chi connectivity index (χ0v) is 8.80. The van der Waals surface area contributed by atoms with Gasteiger partial charge in [0.25, 0.3) is 0 Å². The molecule has 0 aromatic rings. The van der Waals surface area contributed by atoms with Crippen molar-refractivity contribution in [3.05, 3.63) is 0 Å². The predicted molar refractivity (Wildman–Crippen MR) is 50.5 cm³/mol. The standard InChI is InChI=1S/C9H18F2N2O/c1-9(10,11)14-8-7-13-5-3-12(2)4-6-13/h3-8H2,1-2H3. The van der Waals surface area contributed by atoms with E-state index in [9.17, 15) is 8.78 Å². The van der Waals surface area contributed by atoms with Crippen molar-refractivity contribution in [2.24, 2.45) is 0 Å². The number of hydrogen-bond acceptors (Lipinski definition) is 3. The zero-order chi connectivity index (χ0) is 10.6. The summed E-state index contributed by atoms with van der Waals surface area (Å²) in [6.45, 7) is 5.36. The molecule has 0 atom stereocenters. The first-order valence-electron chi connectivity index (χ1n) is 4.90. The van der Waals surface area contributed by atoms with Crippen molar-refractivity contribution in [1.29, 1.82) is 0 Å². The molecule has 14 heavy (non-hydrogen) atoms. The summed E-state index contributed by atoms with van der Waals surface area (Å²) < 4.78 is 28.9. The molecule has 1 heterocycles.